The molecule has 8 nitrogen and oxygen atoms in total. The molecule has 0 bridgehead atoms. The molecule has 2 heterocycles. The number of nitrogens with one attached hydrogen (secondary N) is 3. The standard InChI is InChI=1S/C28H29FN6O2/c1-16-25(17(2)34-33-16)18-10-12-19(13-11-18)31-28(37)26(32-27(36)24-14-15-30-35(24)3)22-8-4-7-21-20(22)6-5-9-23(21)29/h5-6,9-15,22,26H,4,7-8H2,1-3H3,(H,31,37)(H,32,36)(H,33,34)/t22-,26?/m0/s1. The van der Waals surface area contributed by atoms with Crippen molar-refractivity contribution in [1.29, 1.82) is 0 Å². The van der Waals surface area contributed by atoms with Crippen molar-refractivity contribution < 1.29 is 14.0 Å². The number of nitrogens with zero attached hydrogens (tertiary/aromatic N) is 3. The van der Waals surface area contributed by atoms with Gasteiger partial charge in [0.2, 0.25) is 5.91 Å². The SMILES string of the molecule is Cc1n[nH]c(C)c1-c1ccc(NC(=O)C(NC(=O)c2ccnn2C)[C@H]2CCCc3c(F)cccc32)cc1. The van der Waals surface area contributed by atoms with Crippen molar-refractivity contribution in [2.45, 2.75) is 45.1 Å². The highest BCUT2D eigenvalue weighted by molar-refractivity contribution is 6.01. The van der Waals surface area contributed by atoms with Gasteiger partial charge in [-0.3, -0.25) is 19.4 Å². The molecule has 0 saturated heterocycles. The lowest BCUT2D eigenvalue weighted by molar-refractivity contribution is -0.118. The van der Waals surface area contributed by atoms with Crippen molar-refractivity contribution in [1.82, 2.24) is 25.3 Å². The summed E-state index contributed by atoms with van der Waals surface area (Å²) in [4.78, 5) is 26.8. The summed E-state index contributed by atoms with van der Waals surface area (Å²) < 4.78 is 16.1. The summed E-state index contributed by atoms with van der Waals surface area (Å²) in [5, 5.41) is 17.2. The Bertz CT molecular complexity index is 1440. The van der Waals surface area contributed by atoms with Crippen LogP contribution in [-0.2, 0) is 18.3 Å². The normalized spacial score (nSPS) is 15.6. The molecule has 5 rings (SSSR count). The molecule has 0 spiro atoms. The van der Waals surface area contributed by atoms with Crippen LogP contribution in [0.1, 0.15) is 51.8 Å². The van der Waals surface area contributed by atoms with Gasteiger partial charge in [0.25, 0.3) is 5.91 Å². The van der Waals surface area contributed by atoms with Crippen molar-refractivity contribution >= 4 is 17.5 Å². The van der Waals surface area contributed by atoms with Crippen molar-refractivity contribution in [3.05, 3.63) is 88.8 Å². The first kappa shape index (κ1) is 24.4. The Morgan fingerprint density at radius 1 is 1.14 bits per heavy atom. The van der Waals surface area contributed by atoms with Crippen molar-refractivity contribution in [3.63, 3.8) is 0 Å². The molecule has 1 aliphatic rings. The smallest absolute Gasteiger partial charge is 0.270 e. The van der Waals surface area contributed by atoms with Crippen LogP contribution in [0, 0.1) is 19.7 Å². The van der Waals surface area contributed by atoms with Gasteiger partial charge in [-0.2, -0.15) is 10.2 Å². The summed E-state index contributed by atoms with van der Waals surface area (Å²) >= 11 is 0. The van der Waals surface area contributed by atoms with Gasteiger partial charge >= 0.3 is 0 Å². The highest BCUT2D eigenvalue weighted by atomic mass is 19.1. The number of carbonyl (C=O) groups excluding carboxylic acids is 2. The Morgan fingerprint density at radius 2 is 1.92 bits per heavy atom. The maximum Gasteiger partial charge on any atom is 0.270 e. The first-order valence-corrected chi connectivity index (χ1v) is 12.3. The lowest BCUT2D eigenvalue weighted by Gasteiger charge is -2.32. The number of anilines is 1. The van der Waals surface area contributed by atoms with E-state index in [4.69, 9.17) is 0 Å². The van der Waals surface area contributed by atoms with E-state index in [1.807, 2.05) is 44.2 Å². The van der Waals surface area contributed by atoms with Gasteiger partial charge in [0, 0.05) is 36.1 Å². The highest BCUT2D eigenvalue weighted by Crippen LogP contribution is 2.36. The van der Waals surface area contributed by atoms with E-state index >= 15 is 0 Å². The molecule has 37 heavy (non-hydrogen) atoms. The molecule has 3 N–H and O–H groups in total. The summed E-state index contributed by atoms with van der Waals surface area (Å²) in [5.74, 6) is -1.42. The molecule has 190 valence electrons. The molecule has 9 heteroatoms. The minimum absolute atomic E-state index is 0.278. The summed E-state index contributed by atoms with van der Waals surface area (Å²) in [5.41, 5.74) is 6.19. The van der Waals surface area contributed by atoms with E-state index in [1.165, 1.54) is 16.9 Å². The van der Waals surface area contributed by atoms with Gasteiger partial charge in [-0.05, 0) is 74.1 Å². The average Bonchev–Trinajstić information content (AvgIpc) is 3.47. The number of hydrogen-bond acceptors (Lipinski definition) is 4. The van der Waals surface area contributed by atoms with Crippen LogP contribution in [0.2, 0.25) is 0 Å². The lowest BCUT2D eigenvalue weighted by Crippen LogP contribution is -2.48. The molecule has 0 radical (unpaired) electrons. The number of benzene rings is 2. The van der Waals surface area contributed by atoms with Crippen LogP contribution in [0.25, 0.3) is 11.1 Å². The Labute approximate surface area is 214 Å². The first-order valence-electron chi connectivity index (χ1n) is 12.3. The molecule has 1 unspecified atom stereocenters. The van der Waals surface area contributed by atoms with Gasteiger partial charge in [-0.1, -0.05) is 24.3 Å². The number of hydrogen-bond donors (Lipinski definition) is 3. The number of amides is 2. The van der Waals surface area contributed by atoms with Crippen LogP contribution in [-0.4, -0.2) is 37.8 Å². The molecule has 1 aliphatic carbocycles. The zero-order chi connectivity index (χ0) is 26.1. The third kappa shape index (κ3) is 4.76. The van der Waals surface area contributed by atoms with Crippen LogP contribution in [0.5, 0.6) is 0 Å². The fourth-order valence-corrected chi connectivity index (χ4v) is 5.26. The quantitative estimate of drug-likeness (QED) is 0.364. The zero-order valence-corrected chi connectivity index (χ0v) is 21.0. The molecule has 2 aromatic carbocycles. The number of H-pyrrole nitrogens is 1. The minimum Gasteiger partial charge on any atom is -0.338 e. The van der Waals surface area contributed by atoms with Gasteiger partial charge in [0.05, 0.1) is 5.69 Å². The fourth-order valence-electron chi connectivity index (χ4n) is 5.26. The number of carbonyl (C=O) groups is 2. The average molecular weight is 501 g/mol. The molecule has 4 aromatic rings. The molecule has 0 saturated carbocycles. The van der Waals surface area contributed by atoms with E-state index in [9.17, 15) is 14.0 Å². The van der Waals surface area contributed by atoms with Crippen LogP contribution in [0.3, 0.4) is 0 Å². The van der Waals surface area contributed by atoms with Crippen molar-refractivity contribution in [2.75, 3.05) is 5.32 Å². The van der Waals surface area contributed by atoms with E-state index < -0.39 is 11.9 Å². The third-order valence-corrected chi connectivity index (χ3v) is 7.09. The molecule has 2 aromatic heterocycles. The van der Waals surface area contributed by atoms with Crippen molar-refractivity contribution in [3.8, 4) is 11.1 Å². The largest absolute Gasteiger partial charge is 0.338 e. The van der Waals surface area contributed by atoms with Crippen LogP contribution in [0.4, 0.5) is 10.1 Å². The van der Waals surface area contributed by atoms with E-state index in [2.05, 4.69) is 25.9 Å². The number of aryl methyl sites for hydroxylation is 3. The minimum atomic E-state index is -0.902. The van der Waals surface area contributed by atoms with Crippen LogP contribution < -0.4 is 10.6 Å². The van der Waals surface area contributed by atoms with E-state index in [0.717, 1.165) is 34.5 Å². The predicted octanol–water partition coefficient (Wildman–Crippen LogP) is 4.42. The number of halogens is 1. The van der Waals surface area contributed by atoms with Gasteiger partial charge < -0.3 is 10.6 Å². The van der Waals surface area contributed by atoms with Gasteiger partial charge in [-0.25, -0.2) is 4.39 Å². The molecular weight excluding hydrogens is 471 g/mol. The first-order chi connectivity index (χ1) is 17.8. The molecule has 0 aliphatic heterocycles. The maximum absolute atomic E-state index is 14.6. The lowest BCUT2D eigenvalue weighted by atomic mass is 9.78. The predicted molar refractivity (Wildman–Crippen MR) is 139 cm³/mol. The van der Waals surface area contributed by atoms with E-state index in [-0.39, 0.29) is 17.6 Å². The number of fused-ring (bicyclic) bond motifs is 1. The number of aromatic amines is 1. The second kappa shape index (κ2) is 10.0. The Hall–Kier alpha value is -4.27. The Kier molecular flexibility index (Phi) is 6.60. The van der Waals surface area contributed by atoms with Gasteiger partial charge in [0.15, 0.2) is 0 Å². The zero-order valence-electron chi connectivity index (χ0n) is 21.0. The topological polar surface area (TPSA) is 105 Å². The summed E-state index contributed by atoms with van der Waals surface area (Å²) in [6.45, 7) is 3.90. The second-order valence-electron chi connectivity index (χ2n) is 9.47. The van der Waals surface area contributed by atoms with Crippen molar-refractivity contribution in [2.24, 2.45) is 7.05 Å². The van der Waals surface area contributed by atoms with Crippen LogP contribution in [0.15, 0.2) is 54.7 Å². The molecule has 0 fully saturated rings. The summed E-state index contributed by atoms with van der Waals surface area (Å²) in [6.07, 6.45) is 3.51. The molecule has 2 atom stereocenters. The van der Waals surface area contributed by atoms with E-state index in [1.54, 1.807) is 19.2 Å². The van der Waals surface area contributed by atoms with Gasteiger partial charge in [-0.15, -0.1) is 0 Å². The second-order valence-corrected chi connectivity index (χ2v) is 9.47. The summed E-state index contributed by atoms with van der Waals surface area (Å²) in [7, 11) is 1.67. The number of aromatic nitrogens is 4. The maximum atomic E-state index is 14.6. The fraction of sp³-hybridized carbons (Fsp3) is 0.286. The van der Waals surface area contributed by atoms with Gasteiger partial charge in [0.1, 0.15) is 17.6 Å². The Morgan fingerprint density at radius 3 is 2.59 bits per heavy atom. The number of rotatable bonds is 6. The monoisotopic (exact) mass is 500 g/mol. The van der Waals surface area contributed by atoms with E-state index in [0.29, 0.717) is 29.8 Å². The Balaban J connectivity index is 1.43. The summed E-state index contributed by atoms with van der Waals surface area (Å²) in [6, 6.07) is 13.1. The van der Waals surface area contributed by atoms with Crippen LogP contribution >= 0.6 is 0 Å². The molecular formula is C28H29FN6O2. The highest BCUT2D eigenvalue weighted by Gasteiger charge is 2.35. The molecule has 2 amide bonds. The third-order valence-electron chi connectivity index (χ3n) is 7.09.